The number of carbonyl (C=O) groups excluding carboxylic acids is 1. The number of non-ortho nitro benzene ring substituents is 1. The fraction of sp³-hybridized carbons (Fsp3) is 0.138. The van der Waals surface area contributed by atoms with Crippen LogP contribution in [0.4, 0.5) is 17.1 Å². The van der Waals surface area contributed by atoms with E-state index in [1.54, 1.807) is 0 Å². The van der Waals surface area contributed by atoms with Gasteiger partial charge in [0, 0.05) is 35.0 Å². The molecule has 0 radical (unpaired) electrons. The number of amides is 1. The molecular formula is C29H23N3O3. The Hall–Kier alpha value is -4.45. The van der Waals surface area contributed by atoms with Gasteiger partial charge in [-0.2, -0.15) is 0 Å². The summed E-state index contributed by atoms with van der Waals surface area (Å²) in [6.07, 6.45) is 5.61. The summed E-state index contributed by atoms with van der Waals surface area (Å²) in [7, 11) is 0. The number of nitro groups is 1. The lowest BCUT2D eigenvalue weighted by Gasteiger charge is -2.38. The zero-order valence-corrected chi connectivity index (χ0v) is 18.8. The van der Waals surface area contributed by atoms with Crippen molar-refractivity contribution in [3.05, 3.63) is 124 Å². The molecule has 6 nitrogen and oxygen atoms in total. The largest absolute Gasteiger partial charge is 0.378 e. The molecule has 1 amide bonds. The molecule has 172 valence electrons. The fourth-order valence-corrected chi connectivity index (χ4v) is 5.46. The van der Waals surface area contributed by atoms with Gasteiger partial charge >= 0.3 is 0 Å². The van der Waals surface area contributed by atoms with Gasteiger partial charge in [-0.25, -0.2) is 0 Å². The molecule has 0 saturated heterocycles. The van der Waals surface area contributed by atoms with Crippen LogP contribution in [0.25, 0.3) is 10.8 Å². The lowest BCUT2D eigenvalue weighted by atomic mass is 9.75. The quantitative estimate of drug-likeness (QED) is 0.198. The van der Waals surface area contributed by atoms with Crippen LogP contribution in [0.3, 0.4) is 0 Å². The van der Waals surface area contributed by atoms with Crippen LogP contribution in [-0.4, -0.2) is 10.8 Å². The molecule has 3 atom stereocenters. The van der Waals surface area contributed by atoms with Crippen LogP contribution in [0.15, 0.2) is 97.1 Å². The SMILES string of the molecule is O=C(Nc1cccc(C2Nc3ccc4ccccc4c3C3C=CCC32)c1)c1ccc([N+](=O)[O-])cc1. The third kappa shape index (κ3) is 3.73. The predicted molar refractivity (Wildman–Crippen MR) is 138 cm³/mol. The van der Waals surface area contributed by atoms with Crippen LogP contribution in [0.1, 0.15) is 39.9 Å². The van der Waals surface area contributed by atoms with Crippen LogP contribution < -0.4 is 10.6 Å². The van der Waals surface area contributed by atoms with Crippen molar-refractivity contribution in [2.24, 2.45) is 5.92 Å². The van der Waals surface area contributed by atoms with Gasteiger partial charge in [-0.15, -0.1) is 0 Å². The standard InChI is InChI=1S/C29H23N3O3/c33-29(19-11-14-22(15-12-19)32(34)35)30-21-7-3-6-20(17-21)28-25-10-4-9-24(25)27-23-8-2-1-5-18(23)13-16-26(27)31-28/h1-9,11-17,24-25,28,31H,10H2,(H,30,33). The highest BCUT2D eigenvalue weighted by atomic mass is 16.6. The molecule has 0 saturated carbocycles. The summed E-state index contributed by atoms with van der Waals surface area (Å²) in [4.78, 5) is 23.1. The summed E-state index contributed by atoms with van der Waals surface area (Å²) in [5.41, 5.74) is 4.66. The number of allylic oxidation sites excluding steroid dienone is 2. The molecule has 6 rings (SSSR count). The van der Waals surface area contributed by atoms with E-state index in [2.05, 4.69) is 65.3 Å². The minimum Gasteiger partial charge on any atom is -0.378 e. The Morgan fingerprint density at radius 1 is 0.971 bits per heavy atom. The van der Waals surface area contributed by atoms with Crippen molar-refractivity contribution < 1.29 is 9.72 Å². The Morgan fingerprint density at radius 3 is 2.63 bits per heavy atom. The second-order valence-electron chi connectivity index (χ2n) is 9.11. The Kier molecular flexibility index (Phi) is 5.07. The number of benzene rings is 4. The van der Waals surface area contributed by atoms with Crippen LogP contribution in [0, 0.1) is 16.0 Å². The number of fused-ring (bicyclic) bond motifs is 5. The van der Waals surface area contributed by atoms with E-state index < -0.39 is 4.92 Å². The number of anilines is 2. The Morgan fingerprint density at radius 2 is 1.80 bits per heavy atom. The van der Waals surface area contributed by atoms with E-state index in [1.807, 2.05) is 18.2 Å². The lowest BCUT2D eigenvalue weighted by Crippen LogP contribution is -2.29. The molecule has 0 fully saturated rings. The average Bonchev–Trinajstić information content (AvgIpc) is 3.38. The van der Waals surface area contributed by atoms with Crippen LogP contribution in [-0.2, 0) is 0 Å². The van der Waals surface area contributed by atoms with Gasteiger partial charge in [0.15, 0.2) is 0 Å². The molecule has 0 spiro atoms. The van der Waals surface area contributed by atoms with Gasteiger partial charge in [0.25, 0.3) is 11.6 Å². The van der Waals surface area contributed by atoms with Crippen molar-refractivity contribution in [3.8, 4) is 0 Å². The molecule has 35 heavy (non-hydrogen) atoms. The highest BCUT2D eigenvalue weighted by Crippen LogP contribution is 2.51. The second-order valence-corrected chi connectivity index (χ2v) is 9.11. The van der Waals surface area contributed by atoms with Gasteiger partial charge < -0.3 is 10.6 Å². The van der Waals surface area contributed by atoms with Crippen molar-refractivity contribution in [1.29, 1.82) is 0 Å². The zero-order valence-electron chi connectivity index (χ0n) is 18.8. The maximum absolute atomic E-state index is 12.7. The highest BCUT2D eigenvalue weighted by molar-refractivity contribution is 6.04. The van der Waals surface area contributed by atoms with Gasteiger partial charge in [0.1, 0.15) is 0 Å². The molecule has 0 bridgehead atoms. The van der Waals surface area contributed by atoms with E-state index in [4.69, 9.17) is 0 Å². The summed E-state index contributed by atoms with van der Waals surface area (Å²) < 4.78 is 0. The smallest absolute Gasteiger partial charge is 0.269 e. The minimum absolute atomic E-state index is 0.0419. The summed E-state index contributed by atoms with van der Waals surface area (Å²) in [5, 5.41) is 20.1. The predicted octanol–water partition coefficient (Wildman–Crippen LogP) is 6.83. The first-order valence-electron chi connectivity index (χ1n) is 11.7. The highest BCUT2D eigenvalue weighted by Gasteiger charge is 2.38. The molecule has 4 aromatic rings. The Labute approximate surface area is 202 Å². The number of nitrogens with zero attached hydrogens (tertiary/aromatic N) is 1. The molecule has 0 aromatic heterocycles. The van der Waals surface area contributed by atoms with Crippen molar-refractivity contribution >= 4 is 33.7 Å². The van der Waals surface area contributed by atoms with Gasteiger partial charge in [-0.05, 0) is 64.6 Å². The molecule has 6 heteroatoms. The summed E-state index contributed by atoms with van der Waals surface area (Å²) in [5.74, 6) is 0.417. The maximum atomic E-state index is 12.7. The first kappa shape index (κ1) is 21.1. The summed E-state index contributed by atoms with van der Waals surface area (Å²) in [6.45, 7) is 0. The van der Waals surface area contributed by atoms with E-state index in [1.165, 1.54) is 40.6 Å². The third-order valence-corrected chi connectivity index (χ3v) is 7.10. The minimum atomic E-state index is -0.478. The summed E-state index contributed by atoms with van der Waals surface area (Å²) in [6, 6.07) is 26.5. The molecule has 1 heterocycles. The second kappa shape index (κ2) is 8.40. The van der Waals surface area contributed by atoms with Crippen LogP contribution in [0.5, 0.6) is 0 Å². The van der Waals surface area contributed by atoms with Gasteiger partial charge in [0.2, 0.25) is 0 Å². The number of nitro benzene ring substituents is 1. The first-order chi connectivity index (χ1) is 17.1. The van der Waals surface area contributed by atoms with Crippen LogP contribution >= 0.6 is 0 Å². The normalized spacial score (nSPS) is 20.1. The van der Waals surface area contributed by atoms with Gasteiger partial charge in [-0.1, -0.05) is 54.6 Å². The number of hydrogen-bond acceptors (Lipinski definition) is 4. The molecule has 1 aliphatic carbocycles. The monoisotopic (exact) mass is 461 g/mol. The van der Waals surface area contributed by atoms with Gasteiger partial charge in [-0.3, -0.25) is 14.9 Å². The van der Waals surface area contributed by atoms with E-state index >= 15 is 0 Å². The van der Waals surface area contributed by atoms with Crippen molar-refractivity contribution in [2.45, 2.75) is 18.4 Å². The van der Waals surface area contributed by atoms with Crippen molar-refractivity contribution in [3.63, 3.8) is 0 Å². The molecule has 2 aliphatic rings. The van der Waals surface area contributed by atoms with Crippen molar-refractivity contribution in [2.75, 3.05) is 10.6 Å². The van der Waals surface area contributed by atoms with Crippen molar-refractivity contribution in [1.82, 2.24) is 0 Å². The molecule has 1 aliphatic heterocycles. The van der Waals surface area contributed by atoms with E-state index in [0.717, 1.165) is 17.7 Å². The first-order valence-corrected chi connectivity index (χ1v) is 11.7. The molecular weight excluding hydrogens is 438 g/mol. The lowest BCUT2D eigenvalue weighted by molar-refractivity contribution is -0.384. The molecule has 4 aromatic carbocycles. The van der Waals surface area contributed by atoms with E-state index in [9.17, 15) is 14.9 Å². The number of carbonyl (C=O) groups is 1. The Bertz CT molecular complexity index is 1490. The summed E-state index contributed by atoms with van der Waals surface area (Å²) >= 11 is 0. The molecule has 3 unspecified atom stereocenters. The maximum Gasteiger partial charge on any atom is 0.269 e. The Balaban J connectivity index is 1.29. The average molecular weight is 462 g/mol. The van der Waals surface area contributed by atoms with E-state index in [-0.39, 0.29) is 17.6 Å². The molecule has 2 N–H and O–H groups in total. The number of rotatable bonds is 4. The van der Waals surface area contributed by atoms with Crippen LogP contribution in [0.2, 0.25) is 0 Å². The van der Waals surface area contributed by atoms with E-state index in [0.29, 0.717) is 23.1 Å². The third-order valence-electron chi connectivity index (χ3n) is 7.10. The number of nitrogens with one attached hydrogen (secondary N) is 2. The zero-order chi connectivity index (χ0) is 23.9. The topological polar surface area (TPSA) is 84.3 Å². The van der Waals surface area contributed by atoms with Gasteiger partial charge in [0.05, 0.1) is 11.0 Å². The fourth-order valence-electron chi connectivity index (χ4n) is 5.46. The number of hydrogen-bond donors (Lipinski definition) is 2.